The van der Waals surface area contributed by atoms with Gasteiger partial charge in [-0.3, -0.25) is 0 Å². The second-order valence-electron chi connectivity index (χ2n) is 4.47. The summed E-state index contributed by atoms with van der Waals surface area (Å²) in [5.41, 5.74) is 0.839. The summed E-state index contributed by atoms with van der Waals surface area (Å²) < 4.78 is 28.3. The van der Waals surface area contributed by atoms with Crippen molar-refractivity contribution in [2.45, 2.75) is 17.9 Å². The fourth-order valence-electron chi connectivity index (χ4n) is 1.82. The number of nitrogens with one attached hydrogen (secondary N) is 1. The minimum Gasteiger partial charge on any atom is -0.207 e. The lowest BCUT2D eigenvalue weighted by atomic mass is 10.1. The van der Waals surface area contributed by atoms with Gasteiger partial charge in [0.05, 0.1) is 5.02 Å². The molecule has 21 heavy (non-hydrogen) atoms. The Morgan fingerprint density at radius 3 is 2.52 bits per heavy atom. The van der Waals surface area contributed by atoms with Crippen LogP contribution in [0.15, 0.2) is 51.8 Å². The molecule has 2 rings (SSSR count). The summed E-state index contributed by atoms with van der Waals surface area (Å²) in [5, 5.41) is 0.447. The molecular weight excluding hydrogens is 397 g/mol. The highest BCUT2D eigenvalue weighted by molar-refractivity contribution is 9.10. The number of hydrogen-bond acceptors (Lipinski definition) is 2. The highest BCUT2D eigenvalue weighted by Crippen LogP contribution is 2.27. The van der Waals surface area contributed by atoms with Crippen molar-refractivity contribution in [1.29, 1.82) is 0 Å². The van der Waals surface area contributed by atoms with E-state index in [0.29, 0.717) is 5.02 Å². The average Bonchev–Trinajstić information content (AvgIpc) is 2.41. The monoisotopic (exact) mass is 407 g/mol. The fraction of sp³-hybridized carbons (Fsp3) is 0.143. The van der Waals surface area contributed by atoms with E-state index in [1.807, 2.05) is 24.3 Å². The van der Waals surface area contributed by atoms with Gasteiger partial charge in [0, 0.05) is 15.5 Å². The molecular formula is C14H12BrCl2NO2S. The van der Waals surface area contributed by atoms with Gasteiger partial charge in [0.25, 0.3) is 0 Å². The zero-order chi connectivity index (χ0) is 15.6. The summed E-state index contributed by atoms with van der Waals surface area (Å²) in [7, 11) is -3.76. The van der Waals surface area contributed by atoms with Crippen molar-refractivity contribution in [1.82, 2.24) is 4.72 Å². The number of hydrogen-bond donors (Lipinski definition) is 1. The zero-order valence-electron chi connectivity index (χ0n) is 11.0. The summed E-state index contributed by atoms with van der Waals surface area (Å²) in [5.74, 6) is 0. The predicted octanol–water partition coefficient (Wildman–Crippen LogP) is 4.80. The van der Waals surface area contributed by atoms with Crippen molar-refractivity contribution in [2.24, 2.45) is 0 Å². The van der Waals surface area contributed by atoms with Gasteiger partial charge in [-0.25, -0.2) is 13.1 Å². The van der Waals surface area contributed by atoms with Crippen LogP contribution in [0.4, 0.5) is 0 Å². The van der Waals surface area contributed by atoms with E-state index in [9.17, 15) is 8.42 Å². The van der Waals surface area contributed by atoms with Crippen molar-refractivity contribution in [2.75, 3.05) is 0 Å². The molecule has 0 aliphatic rings. The Morgan fingerprint density at radius 2 is 1.86 bits per heavy atom. The Hall–Kier alpha value is -0.590. The van der Waals surface area contributed by atoms with Gasteiger partial charge < -0.3 is 0 Å². The maximum atomic E-state index is 12.4. The van der Waals surface area contributed by atoms with Crippen molar-refractivity contribution in [3.8, 4) is 0 Å². The molecule has 0 aliphatic heterocycles. The molecule has 112 valence electrons. The highest BCUT2D eigenvalue weighted by atomic mass is 79.9. The van der Waals surface area contributed by atoms with Crippen molar-refractivity contribution in [3.05, 3.63) is 62.5 Å². The lowest BCUT2D eigenvalue weighted by Crippen LogP contribution is -2.27. The van der Waals surface area contributed by atoms with Crippen molar-refractivity contribution in [3.63, 3.8) is 0 Å². The van der Waals surface area contributed by atoms with Gasteiger partial charge in [-0.2, -0.15) is 0 Å². The number of halogens is 3. The van der Waals surface area contributed by atoms with E-state index in [2.05, 4.69) is 20.7 Å². The molecule has 0 aromatic heterocycles. The fourth-order valence-corrected chi connectivity index (χ4v) is 4.23. The maximum absolute atomic E-state index is 12.4. The van der Waals surface area contributed by atoms with Crippen LogP contribution in [0.2, 0.25) is 10.0 Å². The number of benzene rings is 2. The summed E-state index contributed by atoms with van der Waals surface area (Å²) in [6.45, 7) is 1.76. The topological polar surface area (TPSA) is 46.2 Å². The third-order valence-corrected chi connectivity index (χ3v) is 5.61. The third-order valence-electron chi connectivity index (χ3n) is 2.86. The van der Waals surface area contributed by atoms with E-state index in [-0.39, 0.29) is 9.92 Å². The molecule has 0 heterocycles. The lowest BCUT2D eigenvalue weighted by Gasteiger charge is -2.16. The van der Waals surface area contributed by atoms with E-state index < -0.39 is 16.1 Å². The Balaban J connectivity index is 2.31. The largest absolute Gasteiger partial charge is 0.242 e. The molecule has 0 aliphatic carbocycles. The van der Waals surface area contributed by atoms with Gasteiger partial charge in [-0.15, -0.1) is 0 Å². The molecule has 0 fully saturated rings. The van der Waals surface area contributed by atoms with Gasteiger partial charge in [0.2, 0.25) is 10.0 Å². The summed E-state index contributed by atoms with van der Waals surface area (Å²) in [6, 6.07) is 11.4. The van der Waals surface area contributed by atoms with Gasteiger partial charge in [0.15, 0.2) is 0 Å². The van der Waals surface area contributed by atoms with Crippen LogP contribution in [0.1, 0.15) is 18.5 Å². The van der Waals surface area contributed by atoms with Crippen LogP contribution in [-0.2, 0) is 10.0 Å². The van der Waals surface area contributed by atoms with E-state index >= 15 is 0 Å². The molecule has 2 aromatic carbocycles. The minimum absolute atomic E-state index is 0.0292. The minimum atomic E-state index is -3.76. The first kappa shape index (κ1) is 16.8. The van der Waals surface area contributed by atoms with Crippen LogP contribution in [0.5, 0.6) is 0 Å². The Kier molecular flexibility index (Phi) is 5.33. The van der Waals surface area contributed by atoms with Crippen LogP contribution in [0.25, 0.3) is 0 Å². The van der Waals surface area contributed by atoms with Gasteiger partial charge in [-0.05, 0) is 42.8 Å². The molecule has 0 radical (unpaired) electrons. The van der Waals surface area contributed by atoms with E-state index in [1.54, 1.807) is 13.0 Å². The normalized spacial score (nSPS) is 13.1. The van der Waals surface area contributed by atoms with Gasteiger partial charge in [0.1, 0.15) is 4.90 Å². The molecule has 2 aromatic rings. The van der Waals surface area contributed by atoms with E-state index in [1.165, 1.54) is 12.1 Å². The average molecular weight is 409 g/mol. The Morgan fingerprint density at radius 1 is 1.14 bits per heavy atom. The highest BCUT2D eigenvalue weighted by Gasteiger charge is 2.21. The quantitative estimate of drug-likeness (QED) is 0.789. The zero-order valence-corrected chi connectivity index (χ0v) is 14.9. The van der Waals surface area contributed by atoms with Crippen molar-refractivity contribution < 1.29 is 8.42 Å². The molecule has 3 nitrogen and oxygen atoms in total. The standard InChI is InChI=1S/C14H12BrCl2NO2S/c1-9(10-3-2-4-11(15)7-10)18-21(19,20)14-8-12(16)5-6-13(14)17/h2-9,18H,1H3. The maximum Gasteiger partial charge on any atom is 0.242 e. The first-order valence-electron chi connectivity index (χ1n) is 6.02. The van der Waals surface area contributed by atoms with Crippen LogP contribution in [-0.4, -0.2) is 8.42 Å². The first-order valence-corrected chi connectivity index (χ1v) is 9.05. The Labute approximate surface area is 142 Å². The van der Waals surface area contributed by atoms with Crippen LogP contribution >= 0.6 is 39.1 Å². The van der Waals surface area contributed by atoms with Crippen LogP contribution < -0.4 is 4.72 Å². The van der Waals surface area contributed by atoms with Crippen LogP contribution in [0, 0.1) is 0 Å². The van der Waals surface area contributed by atoms with E-state index in [0.717, 1.165) is 10.0 Å². The Bertz CT molecular complexity index is 765. The molecule has 0 saturated carbocycles. The molecule has 1 atom stereocenters. The second-order valence-corrected chi connectivity index (χ2v) is 7.91. The predicted molar refractivity (Wildman–Crippen MR) is 89.3 cm³/mol. The van der Waals surface area contributed by atoms with E-state index in [4.69, 9.17) is 23.2 Å². The molecule has 1 unspecified atom stereocenters. The summed E-state index contributed by atoms with van der Waals surface area (Å²) in [4.78, 5) is -0.0292. The molecule has 0 amide bonds. The lowest BCUT2D eigenvalue weighted by molar-refractivity contribution is 0.567. The van der Waals surface area contributed by atoms with Gasteiger partial charge >= 0.3 is 0 Å². The SMILES string of the molecule is CC(NS(=O)(=O)c1cc(Cl)ccc1Cl)c1cccc(Br)c1. The molecule has 7 heteroatoms. The van der Waals surface area contributed by atoms with Crippen molar-refractivity contribution >= 4 is 49.2 Å². The number of rotatable bonds is 4. The first-order chi connectivity index (χ1) is 9.79. The smallest absolute Gasteiger partial charge is 0.207 e. The van der Waals surface area contributed by atoms with Gasteiger partial charge in [-0.1, -0.05) is 51.3 Å². The summed E-state index contributed by atoms with van der Waals surface area (Å²) >= 11 is 15.2. The van der Waals surface area contributed by atoms with Crippen LogP contribution in [0.3, 0.4) is 0 Å². The molecule has 0 saturated heterocycles. The molecule has 0 bridgehead atoms. The molecule has 1 N–H and O–H groups in total. The summed E-state index contributed by atoms with van der Waals surface area (Å²) in [6.07, 6.45) is 0. The third kappa shape index (κ3) is 4.20. The number of sulfonamides is 1. The molecule has 0 spiro atoms. The second kappa shape index (κ2) is 6.67.